The Morgan fingerprint density at radius 3 is 2.39 bits per heavy atom. The third-order valence-electron chi connectivity index (χ3n) is 4.44. The molecule has 0 aromatic carbocycles. The van der Waals surface area contributed by atoms with Crippen molar-refractivity contribution in [3.63, 3.8) is 0 Å². The molecule has 1 unspecified atom stereocenters. The number of hydrogen-bond donors (Lipinski definition) is 2. The number of nitrogens with one attached hydrogen (secondary N) is 1. The summed E-state index contributed by atoms with van der Waals surface area (Å²) in [5, 5.41) is 3.03. The van der Waals surface area contributed by atoms with Gasteiger partial charge in [0, 0.05) is 6.54 Å². The predicted octanol–water partition coefficient (Wildman–Crippen LogP) is 2.63. The van der Waals surface area contributed by atoms with Gasteiger partial charge in [-0.1, -0.05) is 38.9 Å². The van der Waals surface area contributed by atoms with E-state index in [4.69, 9.17) is 18.0 Å². The Hall–Kier alpha value is -0.640. The van der Waals surface area contributed by atoms with Gasteiger partial charge in [-0.25, -0.2) is 0 Å². The van der Waals surface area contributed by atoms with Crippen LogP contribution in [-0.4, -0.2) is 17.4 Å². The van der Waals surface area contributed by atoms with Crippen LogP contribution in [0.2, 0.25) is 0 Å². The summed E-state index contributed by atoms with van der Waals surface area (Å²) in [6.45, 7) is 6.84. The second kappa shape index (κ2) is 6.50. The molecule has 0 saturated heterocycles. The summed E-state index contributed by atoms with van der Waals surface area (Å²) in [4.78, 5) is 12.5. The fourth-order valence-corrected chi connectivity index (χ4v) is 2.65. The van der Waals surface area contributed by atoms with E-state index in [1.54, 1.807) is 0 Å². The highest BCUT2D eigenvalue weighted by Gasteiger charge is 2.34. The molecule has 1 saturated carbocycles. The molecule has 0 bridgehead atoms. The van der Waals surface area contributed by atoms with Crippen LogP contribution in [0.3, 0.4) is 0 Å². The molecular weight excluding hydrogens is 244 g/mol. The van der Waals surface area contributed by atoms with Crippen molar-refractivity contribution < 1.29 is 4.79 Å². The van der Waals surface area contributed by atoms with Gasteiger partial charge in [-0.05, 0) is 38.0 Å². The molecule has 1 rings (SSSR count). The Balaban J connectivity index is 2.43. The molecule has 1 atom stereocenters. The maximum Gasteiger partial charge on any atom is 0.232 e. The molecule has 1 aliphatic carbocycles. The lowest BCUT2D eigenvalue weighted by Gasteiger charge is -2.29. The van der Waals surface area contributed by atoms with Crippen LogP contribution in [0.25, 0.3) is 0 Å². The van der Waals surface area contributed by atoms with Crippen LogP contribution in [0.1, 0.15) is 52.9 Å². The summed E-state index contributed by atoms with van der Waals surface area (Å²) in [5.41, 5.74) is 4.98. The third kappa shape index (κ3) is 3.67. The van der Waals surface area contributed by atoms with Gasteiger partial charge in [-0.15, -0.1) is 0 Å². The minimum Gasteiger partial charge on any atom is -0.392 e. The maximum atomic E-state index is 12.2. The summed E-state index contributed by atoms with van der Waals surface area (Å²) >= 11 is 5.01. The fraction of sp³-hybridized carbons (Fsp3) is 0.857. The molecule has 3 N–H and O–H groups in total. The predicted molar refractivity (Wildman–Crippen MR) is 79.3 cm³/mol. The molecule has 1 aliphatic rings. The monoisotopic (exact) mass is 270 g/mol. The Bertz CT molecular complexity index is 311. The smallest absolute Gasteiger partial charge is 0.232 e. The Kier molecular flexibility index (Phi) is 5.57. The molecule has 4 heteroatoms. The lowest BCUT2D eigenvalue weighted by molar-refractivity contribution is -0.127. The molecular formula is C14H26N2OS. The van der Waals surface area contributed by atoms with E-state index >= 15 is 0 Å². The zero-order chi connectivity index (χ0) is 13.8. The molecule has 1 fully saturated rings. The topological polar surface area (TPSA) is 55.1 Å². The van der Waals surface area contributed by atoms with E-state index < -0.39 is 5.41 Å². The van der Waals surface area contributed by atoms with Crippen LogP contribution >= 0.6 is 12.2 Å². The van der Waals surface area contributed by atoms with Crippen LogP contribution in [0.5, 0.6) is 0 Å². The largest absolute Gasteiger partial charge is 0.392 e. The van der Waals surface area contributed by atoms with Gasteiger partial charge in [0.15, 0.2) is 0 Å². The molecule has 18 heavy (non-hydrogen) atoms. The average Bonchev–Trinajstić information content (AvgIpc) is 2.36. The van der Waals surface area contributed by atoms with Crippen molar-refractivity contribution in [3.8, 4) is 0 Å². The lowest BCUT2D eigenvalue weighted by atomic mass is 9.82. The number of amides is 1. The first-order valence-corrected chi connectivity index (χ1v) is 7.39. The number of nitrogens with two attached hydrogens (primary N) is 1. The standard InChI is InChI=1S/C14H26N2OS/c1-4-14(3,12(15)18)13(17)16-9-11-7-5-10(2)6-8-11/h10-11H,4-9H2,1-3H3,(H2,15,18)(H,16,17). The number of hydrogen-bond acceptors (Lipinski definition) is 2. The van der Waals surface area contributed by atoms with Crippen molar-refractivity contribution in [2.75, 3.05) is 6.54 Å². The van der Waals surface area contributed by atoms with Gasteiger partial charge in [0.2, 0.25) is 5.91 Å². The van der Waals surface area contributed by atoms with Crippen LogP contribution in [-0.2, 0) is 4.79 Å². The molecule has 104 valence electrons. The molecule has 0 aliphatic heterocycles. The third-order valence-corrected chi connectivity index (χ3v) is 4.89. The van der Waals surface area contributed by atoms with Gasteiger partial charge in [0.05, 0.1) is 10.4 Å². The zero-order valence-corrected chi connectivity index (χ0v) is 12.6. The summed E-state index contributed by atoms with van der Waals surface area (Å²) in [6, 6.07) is 0. The van der Waals surface area contributed by atoms with Crippen molar-refractivity contribution in [3.05, 3.63) is 0 Å². The number of thiocarbonyl (C=S) groups is 1. The lowest BCUT2D eigenvalue weighted by Crippen LogP contribution is -2.47. The van der Waals surface area contributed by atoms with Crippen LogP contribution in [0, 0.1) is 17.3 Å². The van der Waals surface area contributed by atoms with E-state index in [2.05, 4.69) is 12.2 Å². The van der Waals surface area contributed by atoms with Crippen molar-refractivity contribution in [1.29, 1.82) is 0 Å². The molecule has 0 aromatic rings. The highest BCUT2D eigenvalue weighted by atomic mass is 32.1. The Morgan fingerprint density at radius 2 is 1.94 bits per heavy atom. The SMILES string of the molecule is CCC(C)(C(=O)NCC1CCC(C)CC1)C(N)=S. The highest BCUT2D eigenvalue weighted by Crippen LogP contribution is 2.28. The van der Waals surface area contributed by atoms with Gasteiger partial charge >= 0.3 is 0 Å². The normalized spacial score (nSPS) is 27.3. The first kappa shape index (κ1) is 15.4. The van der Waals surface area contributed by atoms with E-state index in [0.717, 1.165) is 12.5 Å². The molecule has 1 amide bonds. The van der Waals surface area contributed by atoms with Gasteiger partial charge in [0.1, 0.15) is 0 Å². The van der Waals surface area contributed by atoms with Crippen molar-refractivity contribution >= 4 is 23.1 Å². The van der Waals surface area contributed by atoms with E-state index in [1.807, 2.05) is 13.8 Å². The fourth-order valence-electron chi connectivity index (χ4n) is 2.41. The summed E-state index contributed by atoms with van der Waals surface area (Å²) in [7, 11) is 0. The molecule has 0 spiro atoms. The van der Waals surface area contributed by atoms with Crippen molar-refractivity contribution in [1.82, 2.24) is 5.32 Å². The maximum absolute atomic E-state index is 12.2. The van der Waals surface area contributed by atoms with E-state index in [-0.39, 0.29) is 5.91 Å². The molecule has 0 aromatic heterocycles. The van der Waals surface area contributed by atoms with Gasteiger partial charge in [0.25, 0.3) is 0 Å². The second-order valence-electron chi connectivity index (χ2n) is 5.89. The number of carbonyl (C=O) groups excluding carboxylic acids is 1. The van der Waals surface area contributed by atoms with E-state index in [1.165, 1.54) is 25.7 Å². The Morgan fingerprint density at radius 1 is 1.39 bits per heavy atom. The minimum atomic E-state index is -0.697. The van der Waals surface area contributed by atoms with E-state index in [9.17, 15) is 4.79 Å². The summed E-state index contributed by atoms with van der Waals surface area (Å²) in [5.74, 6) is 1.45. The number of carbonyl (C=O) groups is 1. The van der Waals surface area contributed by atoms with Crippen LogP contribution in [0.15, 0.2) is 0 Å². The molecule has 0 heterocycles. The zero-order valence-electron chi connectivity index (χ0n) is 11.8. The average molecular weight is 270 g/mol. The van der Waals surface area contributed by atoms with E-state index in [0.29, 0.717) is 17.3 Å². The molecule has 3 nitrogen and oxygen atoms in total. The van der Waals surface area contributed by atoms with Crippen LogP contribution in [0.4, 0.5) is 0 Å². The first-order chi connectivity index (χ1) is 8.40. The van der Waals surface area contributed by atoms with Crippen molar-refractivity contribution in [2.45, 2.75) is 52.9 Å². The highest BCUT2D eigenvalue weighted by molar-refractivity contribution is 7.80. The van der Waals surface area contributed by atoms with Gasteiger partial charge in [-0.2, -0.15) is 0 Å². The quantitative estimate of drug-likeness (QED) is 0.755. The second-order valence-corrected chi connectivity index (χ2v) is 6.33. The first-order valence-electron chi connectivity index (χ1n) is 6.98. The molecule has 0 radical (unpaired) electrons. The van der Waals surface area contributed by atoms with Gasteiger partial charge < -0.3 is 11.1 Å². The van der Waals surface area contributed by atoms with Crippen LogP contribution < -0.4 is 11.1 Å². The Labute approximate surface area is 116 Å². The summed E-state index contributed by atoms with van der Waals surface area (Å²) in [6.07, 6.45) is 5.65. The minimum absolute atomic E-state index is 0.0175. The van der Waals surface area contributed by atoms with Crippen molar-refractivity contribution in [2.24, 2.45) is 23.0 Å². The summed E-state index contributed by atoms with van der Waals surface area (Å²) < 4.78 is 0. The number of rotatable bonds is 5. The van der Waals surface area contributed by atoms with Gasteiger partial charge in [-0.3, -0.25) is 4.79 Å².